The van der Waals surface area contributed by atoms with Crippen molar-refractivity contribution in [3.05, 3.63) is 29.3 Å². The molecule has 0 amide bonds. The molecule has 0 unspecified atom stereocenters. The zero-order chi connectivity index (χ0) is 13.8. The van der Waals surface area contributed by atoms with Gasteiger partial charge in [-0.05, 0) is 31.5 Å². The molecule has 1 aliphatic rings. The van der Waals surface area contributed by atoms with Crippen molar-refractivity contribution in [1.82, 2.24) is 5.32 Å². The smallest absolute Gasteiger partial charge is 0.303 e. The number of aryl methyl sites for hydroxylation is 1. The number of hydrogen-bond acceptors (Lipinski definition) is 4. The Labute approximate surface area is 112 Å². The van der Waals surface area contributed by atoms with Crippen molar-refractivity contribution in [2.24, 2.45) is 0 Å². The molecule has 1 aliphatic heterocycles. The van der Waals surface area contributed by atoms with Crippen LogP contribution < -0.4 is 10.1 Å². The van der Waals surface area contributed by atoms with E-state index in [4.69, 9.17) is 9.84 Å². The van der Waals surface area contributed by atoms with Gasteiger partial charge in [-0.2, -0.15) is 0 Å². The molecule has 1 aromatic carbocycles. The number of aliphatic hydroxyl groups excluding tert-OH is 1. The summed E-state index contributed by atoms with van der Waals surface area (Å²) < 4.78 is 5.63. The summed E-state index contributed by atoms with van der Waals surface area (Å²) in [5, 5.41) is 22.0. The van der Waals surface area contributed by atoms with E-state index in [-0.39, 0.29) is 12.5 Å². The van der Waals surface area contributed by atoms with Gasteiger partial charge in [0.1, 0.15) is 18.5 Å². The molecule has 1 heterocycles. The largest absolute Gasteiger partial charge is 0.491 e. The number of aliphatic carboxylic acids is 1. The number of carboxylic acids is 1. The van der Waals surface area contributed by atoms with Crippen molar-refractivity contribution in [2.45, 2.75) is 31.9 Å². The van der Waals surface area contributed by atoms with E-state index in [1.54, 1.807) is 0 Å². The molecule has 5 nitrogen and oxygen atoms in total. The fraction of sp³-hybridized carbons (Fsp3) is 0.500. The van der Waals surface area contributed by atoms with Crippen LogP contribution in [-0.2, 0) is 4.79 Å². The topological polar surface area (TPSA) is 78.8 Å². The number of rotatable bonds is 5. The van der Waals surface area contributed by atoms with Crippen LogP contribution in [0.4, 0.5) is 0 Å². The summed E-state index contributed by atoms with van der Waals surface area (Å²) >= 11 is 0. The van der Waals surface area contributed by atoms with Crippen molar-refractivity contribution in [3.8, 4) is 5.75 Å². The Balaban J connectivity index is 1.92. The second-order valence-electron chi connectivity index (χ2n) is 4.86. The lowest BCUT2D eigenvalue weighted by Crippen LogP contribution is -2.43. The molecule has 0 bridgehead atoms. The number of nitrogens with one attached hydrogen (secondary N) is 1. The second kappa shape index (κ2) is 6.04. The van der Waals surface area contributed by atoms with Crippen molar-refractivity contribution < 1.29 is 19.7 Å². The molecular weight excluding hydrogens is 246 g/mol. The van der Waals surface area contributed by atoms with Gasteiger partial charge in [0.2, 0.25) is 0 Å². The molecule has 2 rings (SSSR count). The summed E-state index contributed by atoms with van der Waals surface area (Å²) in [4.78, 5) is 10.4. The van der Waals surface area contributed by atoms with Crippen molar-refractivity contribution in [1.29, 1.82) is 0 Å². The number of hydrogen-bond donors (Lipinski definition) is 3. The lowest BCUT2D eigenvalue weighted by molar-refractivity contribution is -0.137. The first-order chi connectivity index (χ1) is 9.08. The predicted octanol–water partition coefficient (Wildman–Crippen LogP) is 1.24. The molecule has 1 aromatic rings. The average molecular weight is 265 g/mol. The summed E-state index contributed by atoms with van der Waals surface area (Å²) in [7, 11) is 0. The third-order valence-corrected chi connectivity index (χ3v) is 3.26. The molecular formula is C14H19NO4. The molecule has 104 valence electrons. The maximum absolute atomic E-state index is 10.4. The molecule has 19 heavy (non-hydrogen) atoms. The van der Waals surface area contributed by atoms with E-state index in [2.05, 4.69) is 5.32 Å². The van der Waals surface area contributed by atoms with Crippen LogP contribution in [0.3, 0.4) is 0 Å². The fourth-order valence-corrected chi connectivity index (χ4v) is 2.20. The maximum atomic E-state index is 10.4. The van der Waals surface area contributed by atoms with Crippen molar-refractivity contribution in [2.75, 3.05) is 13.2 Å². The Morgan fingerprint density at radius 3 is 3.05 bits per heavy atom. The van der Waals surface area contributed by atoms with E-state index in [1.807, 2.05) is 25.1 Å². The standard InChI is InChI=1S/C14H19NO4/c1-9-4-5-10-12(7-9)19-8-11(14(10)18)15-6-2-3-13(16)17/h4-5,7,11,14-15,18H,2-3,6,8H2,1H3,(H,16,17)/t11-,14+/m1/s1. The van der Waals surface area contributed by atoms with E-state index in [0.717, 1.165) is 16.9 Å². The van der Waals surface area contributed by atoms with Gasteiger partial charge in [-0.1, -0.05) is 12.1 Å². The van der Waals surface area contributed by atoms with Crippen molar-refractivity contribution in [3.63, 3.8) is 0 Å². The lowest BCUT2D eigenvalue weighted by Gasteiger charge is -2.31. The number of ether oxygens (including phenoxy) is 1. The van der Waals surface area contributed by atoms with Gasteiger partial charge in [-0.3, -0.25) is 4.79 Å². The van der Waals surface area contributed by atoms with Crippen LogP contribution in [0.1, 0.15) is 30.1 Å². The Hall–Kier alpha value is -1.59. The van der Waals surface area contributed by atoms with Crippen molar-refractivity contribution >= 4 is 5.97 Å². The van der Waals surface area contributed by atoms with Crippen LogP contribution in [0.2, 0.25) is 0 Å². The highest BCUT2D eigenvalue weighted by Gasteiger charge is 2.28. The molecule has 2 atom stereocenters. The first-order valence-electron chi connectivity index (χ1n) is 6.44. The zero-order valence-corrected chi connectivity index (χ0v) is 10.9. The number of benzene rings is 1. The van der Waals surface area contributed by atoms with E-state index in [1.165, 1.54) is 0 Å². The predicted molar refractivity (Wildman–Crippen MR) is 70.3 cm³/mol. The molecule has 0 aromatic heterocycles. The number of carbonyl (C=O) groups is 1. The second-order valence-corrected chi connectivity index (χ2v) is 4.86. The molecule has 0 spiro atoms. The van der Waals surface area contributed by atoms with Gasteiger partial charge in [0.15, 0.2) is 0 Å². The number of aliphatic hydroxyl groups is 1. The van der Waals surface area contributed by atoms with Crippen LogP contribution in [0.5, 0.6) is 5.75 Å². The minimum absolute atomic E-state index is 0.131. The van der Waals surface area contributed by atoms with Crippen LogP contribution >= 0.6 is 0 Å². The Bertz CT molecular complexity index is 461. The van der Waals surface area contributed by atoms with Gasteiger partial charge >= 0.3 is 5.97 Å². The van der Waals surface area contributed by atoms with Gasteiger partial charge in [-0.15, -0.1) is 0 Å². The van der Waals surface area contributed by atoms with Crippen LogP contribution in [0.25, 0.3) is 0 Å². The lowest BCUT2D eigenvalue weighted by atomic mass is 9.98. The minimum atomic E-state index is -0.803. The van der Waals surface area contributed by atoms with Crippen LogP contribution in [0.15, 0.2) is 18.2 Å². The minimum Gasteiger partial charge on any atom is -0.491 e. The molecule has 5 heteroatoms. The summed E-state index contributed by atoms with van der Waals surface area (Å²) in [6.45, 7) is 2.93. The molecule has 3 N–H and O–H groups in total. The highest BCUT2D eigenvalue weighted by atomic mass is 16.5. The Morgan fingerprint density at radius 2 is 2.32 bits per heavy atom. The van der Waals surface area contributed by atoms with Gasteiger partial charge in [-0.25, -0.2) is 0 Å². The van der Waals surface area contributed by atoms with Gasteiger partial charge in [0, 0.05) is 12.0 Å². The molecule has 0 saturated carbocycles. The number of carboxylic acid groups (broad SMARTS) is 1. The summed E-state index contributed by atoms with van der Waals surface area (Å²) in [6, 6.07) is 5.54. The first-order valence-corrected chi connectivity index (χ1v) is 6.44. The monoisotopic (exact) mass is 265 g/mol. The SMILES string of the molecule is Cc1ccc2c(c1)OC[C@@H](NCCCC(=O)O)[C@H]2O. The highest BCUT2D eigenvalue weighted by molar-refractivity contribution is 5.66. The quantitative estimate of drug-likeness (QED) is 0.698. The molecule has 0 aliphatic carbocycles. The normalized spacial score (nSPS) is 21.6. The first kappa shape index (κ1) is 13.8. The fourth-order valence-electron chi connectivity index (χ4n) is 2.20. The van der Waals surface area contributed by atoms with Gasteiger partial charge < -0.3 is 20.3 Å². The van der Waals surface area contributed by atoms with Crippen LogP contribution in [-0.4, -0.2) is 35.4 Å². The zero-order valence-electron chi connectivity index (χ0n) is 10.9. The highest BCUT2D eigenvalue weighted by Crippen LogP contribution is 2.32. The average Bonchev–Trinajstić information content (AvgIpc) is 2.36. The van der Waals surface area contributed by atoms with Gasteiger partial charge in [0.25, 0.3) is 0 Å². The van der Waals surface area contributed by atoms with Crippen LogP contribution in [0, 0.1) is 6.92 Å². The molecule has 0 saturated heterocycles. The third kappa shape index (κ3) is 3.45. The Morgan fingerprint density at radius 1 is 1.53 bits per heavy atom. The Kier molecular flexibility index (Phi) is 4.39. The summed E-state index contributed by atoms with van der Waals surface area (Å²) in [5.41, 5.74) is 1.88. The van der Waals surface area contributed by atoms with Gasteiger partial charge in [0.05, 0.1) is 6.04 Å². The number of fused-ring (bicyclic) bond motifs is 1. The molecule has 0 radical (unpaired) electrons. The third-order valence-electron chi connectivity index (χ3n) is 3.26. The van der Waals surface area contributed by atoms with E-state index >= 15 is 0 Å². The van der Waals surface area contributed by atoms with E-state index in [0.29, 0.717) is 19.6 Å². The van der Waals surface area contributed by atoms with E-state index in [9.17, 15) is 9.90 Å². The molecule has 0 fully saturated rings. The summed E-state index contributed by atoms with van der Waals surface area (Å²) in [6.07, 6.45) is 0.0559. The van der Waals surface area contributed by atoms with E-state index < -0.39 is 12.1 Å². The maximum Gasteiger partial charge on any atom is 0.303 e. The summed E-state index contributed by atoms with van der Waals surface area (Å²) in [5.74, 6) is -0.0702.